The van der Waals surface area contributed by atoms with Crippen LogP contribution in [0, 0.1) is 0 Å². The second-order valence-electron chi connectivity index (χ2n) is 14.5. The number of aliphatic hydroxyl groups is 4. The van der Waals surface area contributed by atoms with Gasteiger partial charge in [-0.25, -0.2) is 4.79 Å². The third-order valence-corrected chi connectivity index (χ3v) is 9.80. The van der Waals surface area contributed by atoms with Gasteiger partial charge in [-0.15, -0.1) is 0 Å². The average Bonchev–Trinajstić information content (AvgIpc) is 3.20. The van der Waals surface area contributed by atoms with Crippen molar-refractivity contribution >= 4 is 41.3 Å². The van der Waals surface area contributed by atoms with Crippen LogP contribution in [0.1, 0.15) is 62.8 Å². The maximum atomic E-state index is 14.1. The highest BCUT2D eigenvalue weighted by molar-refractivity contribution is 7.98. The molecule has 8 atom stereocenters. The van der Waals surface area contributed by atoms with Crippen LogP contribution in [0.25, 0.3) is 0 Å². The number of Topliss-reactive ketones (excluding diaryl/α,β-unsaturated/α-hetero) is 1. The van der Waals surface area contributed by atoms with E-state index in [2.05, 4.69) is 10.6 Å². The largest absolute Gasteiger partial charge is 0.458 e. The van der Waals surface area contributed by atoms with Gasteiger partial charge >= 0.3 is 11.9 Å². The van der Waals surface area contributed by atoms with Crippen molar-refractivity contribution in [1.82, 2.24) is 10.6 Å². The fourth-order valence-corrected chi connectivity index (χ4v) is 6.46. The van der Waals surface area contributed by atoms with Gasteiger partial charge in [-0.2, -0.15) is 11.8 Å². The molecule has 16 heteroatoms. The van der Waals surface area contributed by atoms with Gasteiger partial charge in [-0.05, 0) is 50.1 Å². The first-order valence-corrected chi connectivity index (χ1v) is 19.7. The van der Waals surface area contributed by atoms with Crippen molar-refractivity contribution in [2.45, 2.75) is 93.7 Å². The molecule has 0 aliphatic carbocycles. The Morgan fingerprint density at radius 1 is 0.789 bits per heavy atom. The topological polar surface area (TPSA) is 261 Å². The van der Waals surface area contributed by atoms with Crippen LogP contribution >= 0.6 is 11.8 Å². The summed E-state index contributed by atoms with van der Waals surface area (Å²) in [6, 6.07) is 20.7. The lowest BCUT2D eigenvalue weighted by Gasteiger charge is -2.36. The van der Waals surface area contributed by atoms with Crippen LogP contribution in [0.2, 0.25) is 0 Å². The number of amides is 2. The summed E-state index contributed by atoms with van der Waals surface area (Å²) in [5, 5.41) is 48.6. The number of rotatable bonds is 20. The van der Waals surface area contributed by atoms with Crippen molar-refractivity contribution in [3.05, 3.63) is 108 Å². The highest BCUT2D eigenvalue weighted by atomic mass is 32.2. The highest BCUT2D eigenvalue weighted by Gasteiger charge is 2.51. The zero-order valence-electron chi connectivity index (χ0n) is 32.6. The SMILES string of the molecule is CC[C@](NC(=O)[C@@H](N)CSC)(C(=O)N[C@@H](CO)[C@@H](O)[C@@H](O)[C@H](O)C(=O)C(c1ccccc1)[C@H](N)C(=O)OC(c1ccccc1)c1ccccc1)C(=O)OC(C)(C)C. The molecule has 2 amide bonds. The number of carbonyl (C=O) groups is 5. The van der Waals surface area contributed by atoms with Gasteiger partial charge in [0, 0.05) is 5.75 Å². The molecule has 1 unspecified atom stereocenters. The van der Waals surface area contributed by atoms with Crippen LogP contribution in [0.4, 0.5) is 0 Å². The Balaban J connectivity index is 1.92. The zero-order valence-corrected chi connectivity index (χ0v) is 33.4. The number of hydrogen-bond donors (Lipinski definition) is 8. The molecule has 0 aliphatic heterocycles. The Bertz CT molecular complexity index is 1740. The molecule has 57 heavy (non-hydrogen) atoms. The molecule has 310 valence electrons. The van der Waals surface area contributed by atoms with Crippen LogP contribution in [0.3, 0.4) is 0 Å². The Hall–Kier alpha value is -4.68. The summed E-state index contributed by atoms with van der Waals surface area (Å²) < 4.78 is 11.4. The van der Waals surface area contributed by atoms with Crippen molar-refractivity contribution in [2.75, 3.05) is 18.6 Å². The Kier molecular flexibility index (Phi) is 17.4. The summed E-state index contributed by atoms with van der Waals surface area (Å²) in [7, 11) is 0. The second kappa shape index (κ2) is 21.2. The van der Waals surface area contributed by atoms with Crippen molar-refractivity contribution in [1.29, 1.82) is 0 Å². The van der Waals surface area contributed by atoms with Gasteiger partial charge < -0.3 is 52.0 Å². The average molecular weight is 811 g/mol. The summed E-state index contributed by atoms with van der Waals surface area (Å²) in [5.41, 5.74) is 10.3. The summed E-state index contributed by atoms with van der Waals surface area (Å²) >= 11 is 1.25. The molecule has 0 saturated heterocycles. The van der Waals surface area contributed by atoms with Crippen LogP contribution < -0.4 is 22.1 Å². The molecule has 0 aromatic heterocycles. The molecule has 10 N–H and O–H groups in total. The molecule has 3 rings (SSSR count). The van der Waals surface area contributed by atoms with Gasteiger partial charge in [0.2, 0.25) is 11.4 Å². The van der Waals surface area contributed by atoms with Crippen molar-refractivity contribution in [3.63, 3.8) is 0 Å². The van der Waals surface area contributed by atoms with Crippen molar-refractivity contribution in [3.8, 4) is 0 Å². The number of nitrogens with two attached hydrogens (primary N) is 2. The lowest BCUT2D eigenvalue weighted by atomic mass is 9.83. The smallest absolute Gasteiger partial charge is 0.342 e. The number of carbonyl (C=O) groups excluding carboxylic acids is 5. The normalized spacial score (nSPS) is 16.4. The lowest BCUT2D eigenvalue weighted by Crippen LogP contribution is -2.69. The van der Waals surface area contributed by atoms with E-state index in [1.165, 1.54) is 30.8 Å². The first kappa shape index (κ1) is 46.7. The van der Waals surface area contributed by atoms with Crippen molar-refractivity contribution in [2.24, 2.45) is 11.5 Å². The predicted octanol–water partition coefficient (Wildman–Crippen LogP) is 0.856. The Morgan fingerprint density at radius 2 is 1.28 bits per heavy atom. The van der Waals surface area contributed by atoms with Gasteiger partial charge in [0.25, 0.3) is 5.91 Å². The molecular formula is C41H54N4O11S. The van der Waals surface area contributed by atoms with E-state index < -0.39 is 95.7 Å². The molecule has 0 fully saturated rings. The number of esters is 2. The molecule has 15 nitrogen and oxygen atoms in total. The first-order chi connectivity index (χ1) is 26.9. The standard InChI is InChI=1S/C41H54N4O11S/c1-6-41(39(54)56-40(2,3)4,45-36(51)27(42)23-57-5)38(53)44-28(22-46)31(47)33(49)34(50)32(48)29(24-16-10-7-11-17-24)30(43)37(52)55-35(25-18-12-8-13-19-25)26-20-14-9-15-21-26/h7-21,27-31,33-35,46-47,49-50H,6,22-23,42-43H2,1-5H3,(H,44,53)(H,45,51)/t27-,28-,29?,30-,31+,33+,34+,41-/m0/s1. The van der Waals surface area contributed by atoms with Crippen LogP contribution in [-0.4, -0.2) is 116 Å². The molecule has 3 aromatic rings. The van der Waals surface area contributed by atoms with Gasteiger partial charge in [-0.1, -0.05) is 97.9 Å². The van der Waals surface area contributed by atoms with Crippen LogP contribution in [0.5, 0.6) is 0 Å². The summed E-state index contributed by atoms with van der Waals surface area (Å²) in [6.07, 6.45) is -6.70. The van der Waals surface area contributed by atoms with Gasteiger partial charge in [0.05, 0.1) is 24.6 Å². The first-order valence-electron chi connectivity index (χ1n) is 18.3. The van der Waals surface area contributed by atoms with E-state index in [0.717, 1.165) is 0 Å². The van der Waals surface area contributed by atoms with E-state index >= 15 is 0 Å². The van der Waals surface area contributed by atoms with Crippen LogP contribution in [-0.2, 0) is 33.4 Å². The minimum atomic E-state index is -2.44. The summed E-state index contributed by atoms with van der Waals surface area (Å²) in [4.78, 5) is 68.4. The van der Waals surface area contributed by atoms with Crippen molar-refractivity contribution < 1.29 is 53.9 Å². The minimum absolute atomic E-state index is 0.143. The lowest BCUT2D eigenvalue weighted by molar-refractivity contribution is -0.169. The highest BCUT2D eigenvalue weighted by Crippen LogP contribution is 2.30. The van der Waals surface area contributed by atoms with E-state index in [4.69, 9.17) is 20.9 Å². The quantitative estimate of drug-likeness (QED) is 0.0582. The van der Waals surface area contributed by atoms with E-state index in [9.17, 15) is 44.4 Å². The number of thioether (sulfide) groups is 1. The molecule has 0 heterocycles. The number of hydrogen-bond acceptors (Lipinski definition) is 14. The Labute approximate surface area is 336 Å². The Morgan fingerprint density at radius 3 is 1.72 bits per heavy atom. The summed E-state index contributed by atoms with van der Waals surface area (Å²) in [5.74, 6) is -6.97. The fraction of sp³-hybridized carbons (Fsp3) is 0.439. The second-order valence-corrected chi connectivity index (χ2v) is 15.4. The van der Waals surface area contributed by atoms with E-state index in [0.29, 0.717) is 11.1 Å². The van der Waals surface area contributed by atoms with Crippen LogP contribution in [0.15, 0.2) is 91.0 Å². The van der Waals surface area contributed by atoms with Gasteiger partial charge in [-0.3, -0.25) is 19.2 Å². The molecular weight excluding hydrogens is 757 g/mol. The molecule has 0 spiro atoms. The molecule has 0 bridgehead atoms. The number of ketones is 1. The molecule has 3 aromatic carbocycles. The third-order valence-electron chi connectivity index (χ3n) is 9.11. The summed E-state index contributed by atoms with van der Waals surface area (Å²) in [6.45, 7) is 4.95. The maximum Gasteiger partial charge on any atom is 0.342 e. The number of aliphatic hydroxyl groups excluding tert-OH is 4. The van der Waals surface area contributed by atoms with E-state index in [1.807, 2.05) is 0 Å². The van der Waals surface area contributed by atoms with E-state index in [-0.39, 0.29) is 17.7 Å². The maximum absolute atomic E-state index is 14.1. The number of benzene rings is 3. The number of nitrogens with one attached hydrogen (secondary N) is 2. The fourth-order valence-electron chi connectivity index (χ4n) is 5.95. The predicted molar refractivity (Wildman–Crippen MR) is 213 cm³/mol. The molecule has 0 radical (unpaired) electrons. The minimum Gasteiger partial charge on any atom is -0.458 e. The van der Waals surface area contributed by atoms with Gasteiger partial charge in [0.1, 0.15) is 30.0 Å². The molecule has 0 aliphatic rings. The molecule has 0 saturated carbocycles. The zero-order chi connectivity index (χ0) is 42.5. The van der Waals surface area contributed by atoms with E-state index in [1.54, 1.807) is 106 Å². The third kappa shape index (κ3) is 12.2. The van der Waals surface area contributed by atoms with Gasteiger partial charge in [0.15, 0.2) is 11.9 Å². The monoisotopic (exact) mass is 810 g/mol. The number of ether oxygens (including phenoxy) is 2.